The molecule has 0 amide bonds. The van der Waals surface area contributed by atoms with E-state index in [1.165, 1.54) is 0 Å². The Balaban J connectivity index is 2.09. The summed E-state index contributed by atoms with van der Waals surface area (Å²) in [5.74, 6) is 1.33. The molecule has 158 valence electrons. The molecule has 0 spiro atoms. The fourth-order valence-electron chi connectivity index (χ4n) is 3.62. The number of nitrogen functional groups attached to an aromatic ring is 1. The number of nitrogens with two attached hydrogens (primary N) is 1. The number of anilines is 1. The smallest absolute Gasteiger partial charge is 0.152 e. The highest BCUT2D eigenvalue weighted by Crippen LogP contribution is 2.31. The molecule has 2 atom stereocenters. The normalized spacial score (nSPS) is 13.9. The summed E-state index contributed by atoms with van der Waals surface area (Å²) < 4.78 is 13.3. The zero-order chi connectivity index (χ0) is 21.0. The highest BCUT2D eigenvalue weighted by atomic mass is 16.5. The van der Waals surface area contributed by atoms with Crippen LogP contribution in [0.25, 0.3) is 21.9 Å². The van der Waals surface area contributed by atoms with E-state index in [1.807, 2.05) is 6.92 Å². The van der Waals surface area contributed by atoms with Crippen molar-refractivity contribution in [1.29, 1.82) is 0 Å². The number of phenolic OH excluding ortho intramolecular Hbond substituents is 1. The molecule has 4 N–H and O–H groups in total. The second-order valence-corrected chi connectivity index (χ2v) is 7.25. The van der Waals surface area contributed by atoms with Crippen molar-refractivity contribution in [2.45, 2.75) is 59.0 Å². The van der Waals surface area contributed by atoms with Gasteiger partial charge in [-0.3, -0.25) is 5.32 Å². The number of pyridine rings is 1. The number of hydrogen-bond donors (Lipinski definition) is 3. The molecule has 0 saturated carbocycles. The van der Waals surface area contributed by atoms with Crippen LogP contribution in [0.1, 0.15) is 39.4 Å². The molecule has 0 aliphatic rings. The molecule has 2 aromatic heterocycles. The van der Waals surface area contributed by atoms with Crippen LogP contribution in [0.3, 0.4) is 0 Å². The van der Waals surface area contributed by atoms with Crippen LogP contribution < -0.4 is 11.1 Å². The molecule has 29 heavy (non-hydrogen) atoms. The standard InChI is InChI=1S/C21H31N5O3/c1-5-7-18(28-4)23-13(3)11-26-17(12-29-6-2)25-19-20(26)15-10-14(27)8-9-16(15)24-21(19)22/h8-10,13,18,23,27H,5-7,11-12H2,1-4H3,(H2,22,24). The Morgan fingerprint density at radius 2 is 2.07 bits per heavy atom. The predicted octanol–water partition coefficient (Wildman–Crippen LogP) is 3.16. The number of fused-ring (bicyclic) bond motifs is 3. The van der Waals surface area contributed by atoms with Crippen molar-refractivity contribution in [3.63, 3.8) is 0 Å². The third kappa shape index (κ3) is 4.60. The monoisotopic (exact) mass is 401 g/mol. The minimum absolute atomic E-state index is 0.00680. The summed E-state index contributed by atoms with van der Waals surface area (Å²) >= 11 is 0. The van der Waals surface area contributed by atoms with Crippen LogP contribution in [0.15, 0.2) is 18.2 Å². The van der Waals surface area contributed by atoms with E-state index in [-0.39, 0.29) is 18.0 Å². The van der Waals surface area contributed by atoms with Crippen LogP contribution in [0, 0.1) is 0 Å². The average Bonchev–Trinajstić information content (AvgIpc) is 3.05. The van der Waals surface area contributed by atoms with E-state index < -0.39 is 0 Å². The van der Waals surface area contributed by atoms with Crippen molar-refractivity contribution in [2.75, 3.05) is 19.5 Å². The van der Waals surface area contributed by atoms with Gasteiger partial charge < -0.3 is 24.9 Å². The molecule has 1 aromatic carbocycles. The summed E-state index contributed by atoms with van der Waals surface area (Å²) in [7, 11) is 1.72. The van der Waals surface area contributed by atoms with Gasteiger partial charge >= 0.3 is 0 Å². The minimum Gasteiger partial charge on any atom is -0.508 e. The van der Waals surface area contributed by atoms with Crippen molar-refractivity contribution in [1.82, 2.24) is 19.9 Å². The third-order valence-corrected chi connectivity index (χ3v) is 4.96. The topological polar surface area (TPSA) is 107 Å². The van der Waals surface area contributed by atoms with E-state index in [0.29, 0.717) is 31.1 Å². The first-order valence-corrected chi connectivity index (χ1v) is 10.1. The van der Waals surface area contributed by atoms with E-state index >= 15 is 0 Å². The highest BCUT2D eigenvalue weighted by molar-refractivity contribution is 6.07. The molecule has 0 aliphatic carbocycles. The van der Waals surface area contributed by atoms with Crippen LogP contribution in [-0.2, 0) is 22.6 Å². The third-order valence-electron chi connectivity index (χ3n) is 4.96. The van der Waals surface area contributed by atoms with Gasteiger partial charge in [-0.25, -0.2) is 9.97 Å². The maximum absolute atomic E-state index is 10.0. The van der Waals surface area contributed by atoms with Gasteiger partial charge in [-0.15, -0.1) is 0 Å². The van der Waals surface area contributed by atoms with Crippen molar-refractivity contribution in [2.24, 2.45) is 0 Å². The summed E-state index contributed by atoms with van der Waals surface area (Å²) in [6, 6.07) is 5.20. The van der Waals surface area contributed by atoms with Gasteiger partial charge in [0.1, 0.15) is 29.9 Å². The lowest BCUT2D eigenvalue weighted by Gasteiger charge is -2.23. The average molecular weight is 402 g/mol. The molecule has 0 radical (unpaired) electrons. The molecule has 2 unspecified atom stereocenters. The summed E-state index contributed by atoms with van der Waals surface area (Å²) in [5, 5.41) is 14.4. The number of nitrogens with zero attached hydrogens (tertiary/aromatic N) is 3. The van der Waals surface area contributed by atoms with E-state index in [9.17, 15) is 5.11 Å². The number of phenols is 1. The van der Waals surface area contributed by atoms with Gasteiger partial charge in [-0.2, -0.15) is 0 Å². The Morgan fingerprint density at radius 3 is 2.76 bits per heavy atom. The number of rotatable bonds is 10. The molecule has 0 aliphatic heterocycles. The SMILES string of the molecule is CCCC(NC(C)Cn1c(COCC)nc2c(N)nc3ccc(O)cc3c21)OC. The van der Waals surface area contributed by atoms with Gasteiger partial charge in [0.05, 0.1) is 11.0 Å². The van der Waals surface area contributed by atoms with Gasteiger partial charge in [0, 0.05) is 31.7 Å². The van der Waals surface area contributed by atoms with Crippen LogP contribution in [0.5, 0.6) is 5.75 Å². The van der Waals surface area contributed by atoms with Gasteiger partial charge in [0.2, 0.25) is 0 Å². The molecule has 8 heteroatoms. The number of aromatic hydroxyl groups is 1. The Kier molecular flexibility index (Phi) is 6.89. The van der Waals surface area contributed by atoms with Crippen LogP contribution in [0.2, 0.25) is 0 Å². The van der Waals surface area contributed by atoms with Crippen LogP contribution in [-0.4, -0.2) is 45.6 Å². The Labute approximate surface area is 171 Å². The van der Waals surface area contributed by atoms with Crippen molar-refractivity contribution in [3.8, 4) is 5.75 Å². The molecule has 0 fully saturated rings. The maximum Gasteiger partial charge on any atom is 0.152 e. The predicted molar refractivity (Wildman–Crippen MR) is 115 cm³/mol. The highest BCUT2D eigenvalue weighted by Gasteiger charge is 2.20. The molecular formula is C21H31N5O3. The van der Waals surface area contributed by atoms with Gasteiger partial charge in [-0.1, -0.05) is 13.3 Å². The van der Waals surface area contributed by atoms with Gasteiger partial charge in [-0.05, 0) is 38.5 Å². The largest absolute Gasteiger partial charge is 0.508 e. The van der Waals surface area contributed by atoms with E-state index in [1.54, 1.807) is 25.3 Å². The zero-order valence-corrected chi connectivity index (χ0v) is 17.6. The number of ether oxygens (including phenoxy) is 2. The molecule has 3 rings (SSSR count). The number of benzene rings is 1. The molecule has 0 bridgehead atoms. The van der Waals surface area contributed by atoms with E-state index in [4.69, 9.17) is 20.2 Å². The fraction of sp³-hybridized carbons (Fsp3) is 0.524. The number of aromatic nitrogens is 3. The Hall–Kier alpha value is -2.42. The van der Waals surface area contributed by atoms with Gasteiger partial charge in [0.25, 0.3) is 0 Å². The minimum atomic E-state index is -0.00680. The van der Waals surface area contributed by atoms with E-state index in [0.717, 1.165) is 35.1 Å². The van der Waals surface area contributed by atoms with Crippen molar-refractivity contribution >= 4 is 27.8 Å². The number of imidazole rings is 1. The van der Waals surface area contributed by atoms with E-state index in [2.05, 4.69) is 28.7 Å². The molecular weight excluding hydrogens is 370 g/mol. The summed E-state index contributed by atoms with van der Waals surface area (Å²) in [4.78, 5) is 9.19. The lowest BCUT2D eigenvalue weighted by Crippen LogP contribution is -2.40. The van der Waals surface area contributed by atoms with Crippen LogP contribution in [0.4, 0.5) is 5.82 Å². The number of methoxy groups -OCH3 is 1. The first-order chi connectivity index (χ1) is 14.0. The summed E-state index contributed by atoms with van der Waals surface area (Å²) in [5.41, 5.74) is 8.42. The summed E-state index contributed by atoms with van der Waals surface area (Å²) in [6.07, 6.45) is 1.96. The van der Waals surface area contributed by atoms with Crippen molar-refractivity contribution in [3.05, 3.63) is 24.0 Å². The lowest BCUT2D eigenvalue weighted by molar-refractivity contribution is 0.0554. The first kappa shape index (κ1) is 21.3. The zero-order valence-electron chi connectivity index (χ0n) is 17.6. The lowest BCUT2D eigenvalue weighted by atomic mass is 10.1. The Bertz CT molecular complexity index is 972. The first-order valence-electron chi connectivity index (χ1n) is 10.1. The second-order valence-electron chi connectivity index (χ2n) is 7.25. The maximum atomic E-state index is 10.0. The van der Waals surface area contributed by atoms with Gasteiger partial charge in [0.15, 0.2) is 5.82 Å². The van der Waals surface area contributed by atoms with Crippen LogP contribution >= 0.6 is 0 Å². The summed E-state index contributed by atoms with van der Waals surface area (Å²) in [6.45, 7) is 7.82. The molecule has 8 nitrogen and oxygen atoms in total. The quantitative estimate of drug-likeness (QED) is 0.448. The molecule has 2 heterocycles. The second kappa shape index (κ2) is 9.39. The molecule has 3 aromatic rings. The number of hydrogen-bond acceptors (Lipinski definition) is 7. The number of nitrogens with one attached hydrogen (secondary N) is 1. The van der Waals surface area contributed by atoms with Crippen molar-refractivity contribution < 1.29 is 14.6 Å². The Morgan fingerprint density at radius 1 is 1.28 bits per heavy atom. The molecule has 0 saturated heterocycles. The fourth-order valence-corrected chi connectivity index (χ4v) is 3.62.